The summed E-state index contributed by atoms with van der Waals surface area (Å²) in [7, 11) is -2.17. The average Bonchev–Trinajstić information content (AvgIpc) is 3.24. The monoisotopic (exact) mass is 421 g/mol. The van der Waals surface area contributed by atoms with E-state index in [-0.39, 0.29) is 22.7 Å². The van der Waals surface area contributed by atoms with Crippen LogP contribution in [-0.4, -0.2) is 56.3 Å². The summed E-state index contributed by atoms with van der Waals surface area (Å²) in [6.07, 6.45) is 1.94. The van der Waals surface area contributed by atoms with Gasteiger partial charge in [-0.05, 0) is 35.4 Å². The summed E-state index contributed by atoms with van der Waals surface area (Å²) in [5, 5.41) is 4.63. The summed E-state index contributed by atoms with van der Waals surface area (Å²) in [5.74, 6) is -0.279. The quantitative estimate of drug-likeness (QED) is 0.710. The average molecular weight is 422 g/mol. The number of hydrogen-bond acceptors (Lipinski definition) is 5. The normalized spacial score (nSPS) is 16.0. The van der Waals surface area contributed by atoms with Crippen LogP contribution in [0, 0.1) is 0 Å². The maximum Gasteiger partial charge on any atom is 0.252 e. The van der Waals surface area contributed by atoms with Crippen LogP contribution in [0.2, 0.25) is 0 Å². The van der Waals surface area contributed by atoms with Crippen molar-refractivity contribution in [2.45, 2.75) is 36.6 Å². The van der Waals surface area contributed by atoms with Gasteiger partial charge in [-0.2, -0.15) is 4.31 Å². The Morgan fingerprint density at radius 3 is 2.68 bits per heavy atom. The van der Waals surface area contributed by atoms with Crippen molar-refractivity contribution in [2.24, 2.45) is 0 Å². The van der Waals surface area contributed by atoms with E-state index in [0.717, 1.165) is 41.6 Å². The van der Waals surface area contributed by atoms with Crippen molar-refractivity contribution in [3.63, 3.8) is 0 Å². The maximum absolute atomic E-state index is 12.4. The third kappa shape index (κ3) is 4.81. The Hall–Kier alpha value is -1.74. The van der Waals surface area contributed by atoms with Crippen LogP contribution in [0.5, 0.6) is 0 Å². The lowest BCUT2D eigenvalue weighted by atomic mass is 9.98. The predicted octanol–water partition coefficient (Wildman–Crippen LogP) is 2.32. The van der Waals surface area contributed by atoms with E-state index in [1.807, 2.05) is 0 Å². The van der Waals surface area contributed by atoms with Crippen molar-refractivity contribution in [3.05, 3.63) is 52.9 Å². The number of carbonyl (C=O) groups is 1. The minimum Gasteiger partial charge on any atom is -0.353 e. The molecule has 6 nitrogen and oxygen atoms in total. The molecule has 1 unspecified atom stereocenters. The number of nitrogens with one attached hydrogen (secondary N) is 1. The smallest absolute Gasteiger partial charge is 0.252 e. The molecular formula is C20H27N3O3S2. The van der Waals surface area contributed by atoms with Crippen molar-refractivity contribution >= 4 is 27.3 Å². The summed E-state index contributed by atoms with van der Waals surface area (Å²) in [5.41, 5.74) is 2.75. The third-order valence-corrected chi connectivity index (χ3v) is 8.39. The molecule has 0 spiro atoms. The predicted molar refractivity (Wildman–Crippen MR) is 112 cm³/mol. The van der Waals surface area contributed by atoms with Gasteiger partial charge in [-0.25, -0.2) is 8.42 Å². The molecule has 2 heterocycles. The molecule has 2 aromatic rings. The third-order valence-electron chi connectivity index (χ3n) is 5.21. The number of sulfonamides is 1. The van der Waals surface area contributed by atoms with Crippen LogP contribution in [0.3, 0.4) is 0 Å². The zero-order valence-electron chi connectivity index (χ0n) is 16.3. The number of carbonyl (C=O) groups excluding carboxylic acids is 1. The highest BCUT2D eigenvalue weighted by Crippen LogP contribution is 2.21. The van der Waals surface area contributed by atoms with Crippen LogP contribution < -0.4 is 5.32 Å². The Labute approximate surface area is 171 Å². The highest BCUT2D eigenvalue weighted by molar-refractivity contribution is 7.91. The van der Waals surface area contributed by atoms with Crippen LogP contribution >= 0.6 is 11.3 Å². The molecule has 1 aliphatic heterocycles. The van der Waals surface area contributed by atoms with E-state index < -0.39 is 10.0 Å². The number of hydrogen-bond donors (Lipinski definition) is 1. The zero-order valence-corrected chi connectivity index (χ0v) is 17.9. The molecule has 8 heteroatoms. The molecule has 0 aliphatic carbocycles. The maximum atomic E-state index is 12.4. The van der Waals surface area contributed by atoms with Gasteiger partial charge in [-0.15, -0.1) is 11.3 Å². The largest absolute Gasteiger partial charge is 0.353 e. The van der Waals surface area contributed by atoms with Crippen LogP contribution in [0.15, 0.2) is 46.0 Å². The van der Waals surface area contributed by atoms with Crippen LogP contribution in [-0.2, 0) is 27.8 Å². The SMILES string of the molecule is CCC(CNC(=O)CN(C)S(=O)(=O)c1cccs1)N1CCc2ccccc2C1. The molecule has 1 aromatic heterocycles. The first kappa shape index (κ1) is 21.0. The molecule has 0 fully saturated rings. The van der Waals surface area contributed by atoms with Gasteiger partial charge >= 0.3 is 0 Å². The highest BCUT2D eigenvalue weighted by Gasteiger charge is 2.25. The lowest BCUT2D eigenvalue weighted by Gasteiger charge is -2.35. The Morgan fingerprint density at radius 1 is 1.25 bits per heavy atom. The summed E-state index contributed by atoms with van der Waals surface area (Å²) in [6, 6.07) is 12.0. The minimum absolute atomic E-state index is 0.181. The van der Waals surface area contributed by atoms with Gasteiger partial charge in [-0.3, -0.25) is 9.69 Å². The molecule has 1 N–H and O–H groups in total. The van der Waals surface area contributed by atoms with Gasteiger partial charge < -0.3 is 5.32 Å². The highest BCUT2D eigenvalue weighted by atomic mass is 32.2. The van der Waals surface area contributed by atoms with E-state index in [0.29, 0.717) is 6.54 Å². The number of amides is 1. The van der Waals surface area contributed by atoms with E-state index in [9.17, 15) is 13.2 Å². The molecule has 0 saturated heterocycles. The van der Waals surface area contributed by atoms with E-state index in [1.54, 1.807) is 17.5 Å². The number of fused-ring (bicyclic) bond motifs is 1. The second kappa shape index (κ2) is 9.17. The van der Waals surface area contributed by atoms with E-state index in [1.165, 1.54) is 18.2 Å². The first-order valence-electron chi connectivity index (χ1n) is 9.49. The molecule has 1 aromatic carbocycles. The van der Waals surface area contributed by atoms with E-state index in [2.05, 4.69) is 41.4 Å². The molecule has 1 aliphatic rings. The summed E-state index contributed by atoms with van der Waals surface area (Å²) < 4.78 is 26.2. The Kier molecular flexibility index (Phi) is 6.87. The lowest BCUT2D eigenvalue weighted by molar-refractivity contribution is -0.121. The fraction of sp³-hybridized carbons (Fsp3) is 0.450. The molecule has 0 radical (unpaired) electrons. The minimum atomic E-state index is -3.61. The number of nitrogens with zero attached hydrogens (tertiary/aromatic N) is 2. The molecular weight excluding hydrogens is 394 g/mol. The Morgan fingerprint density at radius 2 is 2.00 bits per heavy atom. The van der Waals surface area contributed by atoms with E-state index >= 15 is 0 Å². The van der Waals surface area contributed by atoms with Gasteiger partial charge in [0.15, 0.2) is 0 Å². The van der Waals surface area contributed by atoms with Crippen molar-refractivity contribution in [1.82, 2.24) is 14.5 Å². The Bertz CT molecular complexity index is 897. The van der Waals surface area contributed by atoms with Gasteiger partial charge in [0.2, 0.25) is 5.91 Å². The molecule has 3 rings (SSSR count). The van der Waals surface area contributed by atoms with Gasteiger partial charge in [0, 0.05) is 32.7 Å². The number of benzene rings is 1. The molecule has 0 saturated carbocycles. The topological polar surface area (TPSA) is 69.7 Å². The van der Waals surface area contributed by atoms with Gasteiger partial charge in [0.1, 0.15) is 4.21 Å². The van der Waals surface area contributed by atoms with Crippen LogP contribution in [0.4, 0.5) is 0 Å². The molecule has 152 valence electrons. The second-order valence-corrected chi connectivity index (χ2v) is 10.3. The number of likely N-dealkylation sites (N-methyl/N-ethyl adjacent to an activating group) is 1. The van der Waals surface area contributed by atoms with Crippen molar-refractivity contribution in [2.75, 3.05) is 26.7 Å². The second-order valence-electron chi connectivity index (χ2n) is 7.05. The molecule has 1 amide bonds. The fourth-order valence-corrected chi connectivity index (χ4v) is 5.83. The van der Waals surface area contributed by atoms with Gasteiger partial charge in [-0.1, -0.05) is 37.3 Å². The zero-order chi connectivity index (χ0) is 20.1. The lowest BCUT2D eigenvalue weighted by Crippen LogP contribution is -2.47. The van der Waals surface area contributed by atoms with Crippen LogP contribution in [0.25, 0.3) is 0 Å². The van der Waals surface area contributed by atoms with Crippen LogP contribution in [0.1, 0.15) is 24.5 Å². The summed E-state index contributed by atoms with van der Waals surface area (Å²) in [6.45, 7) is 4.31. The first-order valence-corrected chi connectivity index (χ1v) is 11.8. The number of thiophene rings is 1. The summed E-state index contributed by atoms with van der Waals surface area (Å²) >= 11 is 1.15. The van der Waals surface area contributed by atoms with Crippen molar-refractivity contribution in [3.8, 4) is 0 Å². The molecule has 28 heavy (non-hydrogen) atoms. The fourth-order valence-electron chi connectivity index (χ4n) is 3.50. The molecule has 1 atom stereocenters. The van der Waals surface area contributed by atoms with Crippen molar-refractivity contribution in [1.29, 1.82) is 0 Å². The summed E-state index contributed by atoms with van der Waals surface area (Å²) in [4.78, 5) is 14.7. The standard InChI is InChI=1S/C20H27N3O3S2/c1-3-18(23-11-10-16-7-4-5-8-17(16)14-23)13-21-19(24)15-22(2)28(25,26)20-9-6-12-27-20/h4-9,12,18H,3,10-11,13-15H2,1-2H3,(H,21,24). The van der Waals surface area contributed by atoms with Gasteiger partial charge in [0.25, 0.3) is 10.0 Å². The van der Waals surface area contributed by atoms with E-state index in [4.69, 9.17) is 0 Å². The van der Waals surface area contributed by atoms with Crippen molar-refractivity contribution < 1.29 is 13.2 Å². The first-order chi connectivity index (χ1) is 13.4. The molecule has 0 bridgehead atoms. The number of rotatable bonds is 8. The Balaban J connectivity index is 1.53. The van der Waals surface area contributed by atoms with Gasteiger partial charge in [0.05, 0.1) is 6.54 Å².